The third-order valence-electron chi connectivity index (χ3n) is 10.6. The normalized spacial score (nSPS) is 11.6. The molecule has 0 amide bonds. The fourth-order valence-corrected chi connectivity index (χ4v) is 9.14. The van der Waals surface area contributed by atoms with Gasteiger partial charge in [0.1, 0.15) is 11.2 Å². The molecular weight excluding hydrogens is 703 g/mol. The molecule has 0 radical (unpaired) electrons. The van der Waals surface area contributed by atoms with E-state index in [9.17, 15) is 0 Å². The summed E-state index contributed by atoms with van der Waals surface area (Å²) in [5.74, 6) is 1.83. The number of furan rings is 1. The maximum absolute atomic E-state index is 6.67. The highest BCUT2D eigenvalue weighted by molar-refractivity contribution is 7.26. The SMILES string of the molecule is c1ccc(-c2ccc(-c3nc(-c4ccccc4)nc(-c4ccc5c(c4)oc4cccc(-c6ccc(-c7ccccc7)c7sc8ccccc8c67)c45)n3)cc2)cc1. The van der Waals surface area contributed by atoms with Crippen LogP contribution >= 0.6 is 11.3 Å². The summed E-state index contributed by atoms with van der Waals surface area (Å²) in [7, 11) is 0. The van der Waals surface area contributed by atoms with E-state index in [1.165, 1.54) is 42.4 Å². The van der Waals surface area contributed by atoms with Crippen molar-refractivity contribution < 1.29 is 4.42 Å². The molecule has 11 aromatic rings. The molecule has 5 heteroatoms. The van der Waals surface area contributed by atoms with Gasteiger partial charge in [-0.2, -0.15) is 0 Å². The monoisotopic (exact) mass is 733 g/mol. The first-order valence-electron chi connectivity index (χ1n) is 18.7. The van der Waals surface area contributed by atoms with Crippen LogP contribution in [0.5, 0.6) is 0 Å². The lowest BCUT2D eigenvalue weighted by molar-refractivity contribution is 0.669. The van der Waals surface area contributed by atoms with Crippen molar-refractivity contribution in [2.24, 2.45) is 0 Å². The Morgan fingerprint density at radius 3 is 1.61 bits per heavy atom. The van der Waals surface area contributed by atoms with Crippen LogP contribution in [0.2, 0.25) is 0 Å². The minimum Gasteiger partial charge on any atom is -0.456 e. The van der Waals surface area contributed by atoms with Gasteiger partial charge in [0.2, 0.25) is 0 Å². The molecule has 0 aliphatic carbocycles. The lowest BCUT2D eigenvalue weighted by atomic mass is 9.92. The smallest absolute Gasteiger partial charge is 0.164 e. The number of aromatic nitrogens is 3. The predicted octanol–water partition coefficient (Wildman–Crippen LogP) is 14.1. The summed E-state index contributed by atoms with van der Waals surface area (Å²) in [5, 5.41) is 4.68. The average Bonchev–Trinajstić information content (AvgIpc) is 3.86. The first kappa shape index (κ1) is 32.2. The summed E-state index contributed by atoms with van der Waals surface area (Å²) in [6, 6.07) is 65.6. The van der Waals surface area contributed by atoms with Crippen LogP contribution < -0.4 is 0 Å². The van der Waals surface area contributed by atoms with Gasteiger partial charge in [0, 0.05) is 47.6 Å². The highest BCUT2D eigenvalue weighted by Crippen LogP contribution is 2.47. The molecule has 0 N–H and O–H groups in total. The third-order valence-corrected chi connectivity index (χ3v) is 11.8. The van der Waals surface area contributed by atoms with E-state index in [4.69, 9.17) is 19.4 Å². The second-order valence-corrected chi connectivity index (χ2v) is 15.0. The van der Waals surface area contributed by atoms with Gasteiger partial charge in [-0.3, -0.25) is 0 Å². The molecule has 0 atom stereocenters. The Kier molecular flexibility index (Phi) is 7.64. The summed E-state index contributed by atoms with van der Waals surface area (Å²) in [4.78, 5) is 15.0. The molecule has 0 aliphatic heterocycles. The Morgan fingerprint density at radius 1 is 0.339 bits per heavy atom. The number of benzene rings is 8. The summed E-state index contributed by atoms with van der Waals surface area (Å²) in [5.41, 5.74) is 11.5. The Bertz CT molecular complexity index is 3230. The van der Waals surface area contributed by atoms with Crippen LogP contribution in [0.15, 0.2) is 192 Å². The number of hydrogen-bond donors (Lipinski definition) is 0. The number of nitrogens with zero attached hydrogens (tertiary/aromatic N) is 3. The Hall–Kier alpha value is -7.21. The van der Waals surface area contributed by atoms with Crippen LogP contribution in [0, 0.1) is 0 Å². The lowest BCUT2D eigenvalue weighted by Gasteiger charge is -2.11. The van der Waals surface area contributed by atoms with Crippen LogP contribution in [-0.4, -0.2) is 15.0 Å². The lowest BCUT2D eigenvalue weighted by Crippen LogP contribution is -2.00. The van der Waals surface area contributed by atoms with Crippen LogP contribution in [-0.2, 0) is 0 Å². The zero-order chi connectivity index (χ0) is 37.0. The van der Waals surface area contributed by atoms with Crippen molar-refractivity contribution in [3.8, 4) is 67.5 Å². The van der Waals surface area contributed by atoms with E-state index in [1.807, 2.05) is 47.7 Å². The van der Waals surface area contributed by atoms with E-state index < -0.39 is 0 Å². The van der Waals surface area contributed by atoms with Crippen molar-refractivity contribution in [3.05, 3.63) is 188 Å². The minimum absolute atomic E-state index is 0.589. The Labute approximate surface area is 327 Å². The zero-order valence-electron chi connectivity index (χ0n) is 30.1. The van der Waals surface area contributed by atoms with Gasteiger partial charge < -0.3 is 4.42 Å². The number of hydrogen-bond acceptors (Lipinski definition) is 5. The van der Waals surface area contributed by atoms with Gasteiger partial charge in [-0.05, 0) is 57.6 Å². The van der Waals surface area contributed by atoms with Gasteiger partial charge in [-0.1, -0.05) is 164 Å². The maximum Gasteiger partial charge on any atom is 0.164 e. The molecule has 8 aromatic carbocycles. The summed E-state index contributed by atoms with van der Waals surface area (Å²) in [6.07, 6.45) is 0. The predicted molar refractivity (Wildman–Crippen MR) is 233 cm³/mol. The molecule has 4 nitrogen and oxygen atoms in total. The number of rotatable bonds is 6. The summed E-state index contributed by atoms with van der Waals surface area (Å²) < 4.78 is 9.23. The Balaban J connectivity index is 1.06. The van der Waals surface area contributed by atoms with Crippen molar-refractivity contribution in [2.45, 2.75) is 0 Å². The zero-order valence-corrected chi connectivity index (χ0v) is 30.9. The molecule has 0 saturated carbocycles. The number of fused-ring (bicyclic) bond motifs is 6. The largest absolute Gasteiger partial charge is 0.456 e. The fraction of sp³-hybridized carbons (Fsp3) is 0. The fourth-order valence-electron chi connectivity index (χ4n) is 7.88. The number of thiophene rings is 1. The van der Waals surface area contributed by atoms with E-state index in [-0.39, 0.29) is 0 Å². The molecule has 0 saturated heterocycles. The standard InChI is InChI=1S/C51H31N3OS/c1-4-13-32(14-5-1)33-23-25-36(26-24-33)50-52-49(35-17-8-3-9-18-35)53-51(54-50)37-27-28-41-44(31-37)55-43-21-12-20-39(46(41)43)40-30-29-38(34-15-6-2-7-16-34)48-47(40)42-19-10-11-22-45(42)56-48/h1-31H. The third kappa shape index (κ3) is 5.48. The second-order valence-electron chi connectivity index (χ2n) is 13.9. The van der Waals surface area contributed by atoms with Gasteiger partial charge in [0.25, 0.3) is 0 Å². The summed E-state index contributed by atoms with van der Waals surface area (Å²) >= 11 is 1.86. The van der Waals surface area contributed by atoms with E-state index >= 15 is 0 Å². The van der Waals surface area contributed by atoms with Crippen molar-refractivity contribution >= 4 is 53.4 Å². The molecule has 262 valence electrons. The van der Waals surface area contributed by atoms with Gasteiger partial charge in [0.05, 0.1) is 0 Å². The molecular formula is C51H31N3OS. The molecule has 3 aromatic heterocycles. The van der Waals surface area contributed by atoms with Crippen molar-refractivity contribution in [3.63, 3.8) is 0 Å². The van der Waals surface area contributed by atoms with Crippen LogP contribution in [0.3, 0.4) is 0 Å². The van der Waals surface area contributed by atoms with Crippen molar-refractivity contribution in [1.29, 1.82) is 0 Å². The highest BCUT2D eigenvalue weighted by Gasteiger charge is 2.20. The van der Waals surface area contributed by atoms with E-state index in [0.29, 0.717) is 17.5 Å². The average molecular weight is 734 g/mol. The highest BCUT2D eigenvalue weighted by atomic mass is 32.1. The van der Waals surface area contributed by atoms with Gasteiger partial charge in [-0.25, -0.2) is 15.0 Å². The molecule has 56 heavy (non-hydrogen) atoms. The van der Waals surface area contributed by atoms with E-state index in [1.54, 1.807) is 0 Å². The van der Waals surface area contributed by atoms with E-state index in [2.05, 4.69) is 152 Å². The van der Waals surface area contributed by atoms with Gasteiger partial charge in [0.15, 0.2) is 17.5 Å². The van der Waals surface area contributed by atoms with Crippen LogP contribution in [0.1, 0.15) is 0 Å². The van der Waals surface area contributed by atoms with Crippen molar-refractivity contribution in [2.75, 3.05) is 0 Å². The summed E-state index contributed by atoms with van der Waals surface area (Å²) in [6.45, 7) is 0. The maximum atomic E-state index is 6.67. The molecule has 11 rings (SSSR count). The molecule has 0 fully saturated rings. The van der Waals surface area contributed by atoms with Crippen LogP contribution in [0.25, 0.3) is 110 Å². The first-order valence-corrected chi connectivity index (χ1v) is 19.5. The molecule has 3 heterocycles. The quantitative estimate of drug-likeness (QED) is 0.171. The van der Waals surface area contributed by atoms with Crippen molar-refractivity contribution in [1.82, 2.24) is 15.0 Å². The van der Waals surface area contributed by atoms with Gasteiger partial charge in [-0.15, -0.1) is 11.3 Å². The molecule has 0 spiro atoms. The Morgan fingerprint density at radius 2 is 0.875 bits per heavy atom. The topological polar surface area (TPSA) is 51.8 Å². The molecule has 0 bridgehead atoms. The van der Waals surface area contributed by atoms with Gasteiger partial charge >= 0.3 is 0 Å². The minimum atomic E-state index is 0.589. The second kappa shape index (κ2) is 13.3. The first-order chi connectivity index (χ1) is 27.7. The van der Waals surface area contributed by atoms with Crippen LogP contribution in [0.4, 0.5) is 0 Å². The molecule has 0 aliphatic rings. The molecule has 0 unspecified atom stereocenters. The van der Waals surface area contributed by atoms with E-state index in [0.717, 1.165) is 49.8 Å².